The van der Waals surface area contributed by atoms with Crippen LogP contribution in [0.1, 0.15) is 38.1 Å². The fraction of sp³-hybridized carbons (Fsp3) is 0.250. The summed E-state index contributed by atoms with van der Waals surface area (Å²) in [6.45, 7) is 5.72. The first-order valence-corrected chi connectivity index (χ1v) is 11.2. The summed E-state index contributed by atoms with van der Waals surface area (Å²) in [5.74, 6) is -0.350. The first kappa shape index (κ1) is 21.5. The van der Waals surface area contributed by atoms with Crippen molar-refractivity contribution in [2.24, 2.45) is 0 Å². The molecule has 0 amide bonds. The van der Waals surface area contributed by atoms with Gasteiger partial charge >= 0.3 is 0 Å². The van der Waals surface area contributed by atoms with Crippen molar-refractivity contribution < 1.29 is 13.5 Å². The predicted molar refractivity (Wildman–Crippen MR) is 121 cm³/mol. The number of hydrogen-bond donors (Lipinski definition) is 1. The van der Waals surface area contributed by atoms with Crippen molar-refractivity contribution >= 4 is 22.3 Å². The first-order valence-electron chi connectivity index (χ1n) is 10.0. The molecule has 2 heterocycles. The molecule has 2 aromatic carbocycles. The molecule has 2 aromatic heterocycles. The van der Waals surface area contributed by atoms with E-state index in [0.717, 1.165) is 16.5 Å². The van der Waals surface area contributed by atoms with Crippen LogP contribution in [-0.4, -0.2) is 19.4 Å². The lowest BCUT2D eigenvalue weighted by atomic mass is 9.94. The Kier molecular flexibility index (Phi) is 6.09. The minimum atomic E-state index is -1.34. The maximum atomic E-state index is 13.8. The second-order valence-electron chi connectivity index (χ2n) is 8.34. The van der Waals surface area contributed by atoms with E-state index in [1.165, 1.54) is 18.3 Å². The Morgan fingerprint density at radius 3 is 2.61 bits per heavy atom. The van der Waals surface area contributed by atoms with Crippen LogP contribution in [0.2, 0.25) is 0 Å². The summed E-state index contributed by atoms with van der Waals surface area (Å²) in [6.07, 6.45) is 1.81. The van der Waals surface area contributed by atoms with E-state index in [1.54, 1.807) is 0 Å². The van der Waals surface area contributed by atoms with Crippen molar-refractivity contribution in [3.8, 4) is 11.3 Å². The van der Waals surface area contributed by atoms with Crippen LogP contribution < -0.4 is 4.72 Å². The maximum absolute atomic E-state index is 13.8. The first-order chi connectivity index (χ1) is 14.8. The van der Waals surface area contributed by atoms with E-state index in [2.05, 4.69) is 14.9 Å². The summed E-state index contributed by atoms with van der Waals surface area (Å²) in [5.41, 5.74) is 3.74. The molecule has 4 rings (SSSR count). The van der Waals surface area contributed by atoms with Gasteiger partial charge in [-0.25, -0.2) is 4.39 Å². The van der Waals surface area contributed by atoms with Gasteiger partial charge in [-0.3, -0.25) is 4.98 Å². The zero-order chi connectivity index (χ0) is 22.0. The van der Waals surface area contributed by atoms with Crippen LogP contribution in [-0.2, 0) is 17.8 Å². The third-order valence-corrected chi connectivity index (χ3v) is 6.58. The van der Waals surface area contributed by atoms with Gasteiger partial charge in [-0.15, -0.1) is 4.72 Å². The van der Waals surface area contributed by atoms with Crippen LogP contribution in [0.4, 0.5) is 4.39 Å². The summed E-state index contributed by atoms with van der Waals surface area (Å²) in [7, 11) is 0. The molecule has 0 saturated heterocycles. The number of nitrogens with one attached hydrogen (secondary N) is 1. The molecule has 0 spiro atoms. The molecule has 5 nitrogen and oxygen atoms in total. The lowest BCUT2D eigenvalue weighted by Crippen LogP contribution is -2.42. The average molecular weight is 438 g/mol. The smallest absolute Gasteiger partial charge is 0.167 e. The Morgan fingerprint density at radius 1 is 1.10 bits per heavy atom. The standard InChI is InChI=1S/C24H24FN3O2S/c1-24(2,3)31(29)28-21(15-17-14-16(25)12-13-26-17)18-8-4-5-9-19(18)23-20-10-6-7-11-22(20)30-27-23/h4-14,21,28H,15H2,1-3H3/t21?,31-/m0/s1. The van der Waals surface area contributed by atoms with Crippen molar-refractivity contribution in [2.45, 2.75) is 38.0 Å². The van der Waals surface area contributed by atoms with Crippen LogP contribution >= 0.6 is 0 Å². The summed E-state index contributed by atoms with van der Waals surface area (Å²) in [5, 5.41) is 5.20. The Morgan fingerprint density at radius 2 is 1.84 bits per heavy atom. The van der Waals surface area contributed by atoms with Gasteiger partial charge in [-0.2, -0.15) is 0 Å². The van der Waals surface area contributed by atoms with Gasteiger partial charge in [0.2, 0.25) is 0 Å². The Bertz CT molecular complexity index is 1190. The molecule has 0 aliphatic rings. The number of aromatic nitrogens is 2. The predicted octanol–water partition coefficient (Wildman–Crippen LogP) is 5.36. The van der Waals surface area contributed by atoms with Crippen LogP contribution in [0.3, 0.4) is 0 Å². The van der Waals surface area contributed by atoms with E-state index in [1.807, 2.05) is 69.3 Å². The Hall–Kier alpha value is -2.74. The van der Waals surface area contributed by atoms with Gasteiger partial charge in [0.15, 0.2) is 5.58 Å². The van der Waals surface area contributed by atoms with Crippen molar-refractivity contribution in [2.75, 3.05) is 0 Å². The molecule has 0 radical (unpaired) electrons. The molecule has 31 heavy (non-hydrogen) atoms. The molecule has 0 aliphatic carbocycles. The number of benzene rings is 2. The van der Waals surface area contributed by atoms with Gasteiger partial charge in [0.1, 0.15) is 16.3 Å². The van der Waals surface area contributed by atoms with Gasteiger partial charge in [0, 0.05) is 40.6 Å². The van der Waals surface area contributed by atoms with Crippen molar-refractivity contribution in [1.82, 2.24) is 14.9 Å². The quantitative estimate of drug-likeness (QED) is 0.411. The maximum Gasteiger partial charge on any atom is 0.167 e. The zero-order valence-corrected chi connectivity index (χ0v) is 18.4. The third kappa shape index (κ3) is 4.79. The van der Waals surface area contributed by atoms with E-state index < -0.39 is 16.1 Å². The Balaban J connectivity index is 1.79. The van der Waals surface area contributed by atoms with E-state index in [4.69, 9.17) is 4.52 Å². The van der Waals surface area contributed by atoms with E-state index >= 15 is 0 Å². The molecule has 0 bridgehead atoms. The minimum Gasteiger partial charge on any atom is -0.598 e. The lowest BCUT2D eigenvalue weighted by Gasteiger charge is -2.29. The number of nitrogens with zero attached hydrogens (tertiary/aromatic N) is 2. The lowest BCUT2D eigenvalue weighted by molar-refractivity contribution is 0.459. The molecule has 1 N–H and O–H groups in total. The van der Waals surface area contributed by atoms with Gasteiger partial charge < -0.3 is 9.08 Å². The highest BCUT2D eigenvalue weighted by molar-refractivity contribution is 7.90. The Labute approximate surface area is 184 Å². The van der Waals surface area contributed by atoms with Gasteiger partial charge in [0.05, 0.1) is 6.04 Å². The van der Waals surface area contributed by atoms with Crippen molar-refractivity contribution in [3.63, 3.8) is 0 Å². The molecule has 2 atom stereocenters. The van der Waals surface area contributed by atoms with Gasteiger partial charge in [0.25, 0.3) is 0 Å². The SMILES string of the molecule is CC(C)(C)[S@+]([O-])NC(Cc1cc(F)ccn1)c1ccccc1-c1noc2ccccc12. The molecule has 1 unspecified atom stereocenters. The van der Waals surface area contributed by atoms with Crippen LogP contribution in [0.15, 0.2) is 71.4 Å². The highest BCUT2D eigenvalue weighted by Gasteiger charge is 2.31. The highest BCUT2D eigenvalue weighted by Crippen LogP contribution is 2.34. The molecule has 7 heteroatoms. The van der Waals surface area contributed by atoms with Crippen molar-refractivity contribution in [1.29, 1.82) is 0 Å². The van der Waals surface area contributed by atoms with Crippen molar-refractivity contribution in [3.05, 3.63) is 83.9 Å². The fourth-order valence-electron chi connectivity index (χ4n) is 3.39. The van der Waals surface area contributed by atoms with E-state index in [-0.39, 0.29) is 11.9 Å². The largest absolute Gasteiger partial charge is 0.598 e. The second kappa shape index (κ2) is 8.78. The number of hydrogen-bond acceptors (Lipinski definition) is 5. The summed E-state index contributed by atoms with van der Waals surface area (Å²) in [4.78, 5) is 4.30. The summed E-state index contributed by atoms with van der Waals surface area (Å²) >= 11 is -1.34. The minimum absolute atomic E-state index is 0.350. The number of halogens is 1. The molecular weight excluding hydrogens is 413 g/mol. The van der Waals surface area contributed by atoms with E-state index in [0.29, 0.717) is 23.4 Å². The molecule has 160 valence electrons. The summed E-state index contributed by atoms with van der Waals surface area (Å²) in [6, 6.07) is 17.8. The normalized spacial score (nSPS) is 14.0. The van der Waals surface area contributed by atoms with Gasteiger partial charge in [-0.1, -0.05) is 41.6 Å². The highest BCUT2D eigenvalue weighted by atomic mass is 32.2. The molecule has 0 saturated carbocycles. The fourth-order valence-corrected chi connectivity index (χ4v) is 4.21. The summed E-state index contributed by atoms with van der Waals surface area (Å²) < 4.78 is 35.1. The van der Waals surface area contributed by atoms with E-state index in [9.17, 15) is 8.94 Å². The van der Waals surface area contributed by atoms with Crippen LogP contribution in [0.25, 0.3) is 22.2 Å². The molecule has 4 aromatic rings. The monoisotopic (exact) mass is 437 g/mol. The van der Waals surface area contributed by atoms with Crippen LogP contribution in [0, 0.1) is 5.82 Å². The third-order valence-electron chi connectivity index (χ3n) is 4.97. The molecular formula is C24H24FN3O2S. The number of para-hydroxylation sites is 1. The van der Waals surface area contributed by atoms with Crippen LogP contribution in [0.5, 0.6) is 0 Å². The zero-order valence-electron chi connectivity index (χ0n) is 17.6. The molecule has 0 fully saturated rings. The number of fused-ring (bicyclic) bond motifs is 1. The topological polar surface area (TPSA) is 74.0 Å². The number of rotatable bonds is 6. The molecule has 0 aliphatic heterocycles. The average Bonchev–Trinajstić information content (AvgIpc) is 3.16. The second-order valence-corrected chi connectivity index (χ2v) is 10.3. The van der Waals surface area contributed by atoms with Gasteiger partial charge in [-0.05, 0) is 50.6 Å². The number of pyridine rings is 1.